The van der Waals surface area contributed by atoms with Gasteiger partial charge in [0.1, 0.15) is 6.54 Å². The highest BCUT2D eigenvalue weighted by molar-refractivity contribution is 5.76. The van der Waals surface area contributed by atoms with E-state index in [2.05, 4.69) is 20.2 Å². The lowest BCUT2D eigenvalue weighted by Crippen LogP contribution is -2.49. The Morgan fingerprint density at radius 1 is 0.920 bits per heavy atom. The molecule has 0 bridgehead atoms. The average molecular weight is 337 g/mol. The third kappa shape index (κ3) is 3.37. The molecule has 0 aromatic carbocycles. The van der Waals surface area contributed by atoms with Crippen molar-refractivity contribution in [2.45, 2.75) is 6.54 Å². The first kappa shape index (κ1) is 15.4. The van der Waals surface area contributed by atoms with Gasteiger partial charge in [-0.3, -0.25) is 4.79 Å². The van der Waals surface area contributed by atoms with Crippen molar-refractivity contribution in [2.24, 2.45) is 0 Å². The molecule has 1 amide bonds. The third-order valence-electron chi connectivity index (χ3n) is 4.32. The zero-order valence-electron chi connectivity index (χ0n) is 13.8. The van der Waals surface area contributed by atoms with Gasteiger partial charge in [0.25, 0.3) is 0 Å². The molecule has 1 saturated heterocycles. The van der Waals surface area contributed by atoms with Crippen molar-refractivity contribution in [1.29, 1.82) is 0 Å². The number of anilines is 1. The SMILES string of the molecule is O=C(Cn1cccc1)N1CCN(c2ccc(-n3cccn3)nn2)CC1. The Morgan fingerprint density at radius 2 is 1.64 bits per heavy atom. The Hall–Kier alpha value is -3.16. The summed E-state index contributed by atoms with van der Waals surface area (Å²) in [5.41, 5.74) is 0. The minimum Gasteiger partial charge on any atom is -0.352 e. The van der Waals surface area contributed by atoms with Crippen molar-refractivity contribution < 1.29 is 4.79 Å². The van der Waals surface area contributed by atoms with Crippen molar-refractivity contribution in [3.8, 4) is 5.82 Å². The average Bonchev–Trinajstić information content (AvgIpc) is 3.36. The summed E-state index contributed by atoms with van der Waals surface area (Å²) in [6, 6.07) is 9.55. The van der Waals surface area contributed by atoms with Crippen LogP contribution >= 0.6 is 0 Å². The van der Waals surface area contributed by atoms with E-state index in [-0.39, 0.29) is 5.91 Å². The fourth-order valence-corrected chi connectivity index (χ4v) is 2.93. The third-order valence-corrected chi connectivity index (χ3v) is 4.32. The number of amides is 1. The van der Waals surface area contributed by atoms with E-state index in [0.29, 0.717) is 25.5 Å². The van der Waals surface area contributed by atoms with Gasteiger partial charge in [-0.15, -0.1) is 10.2 Å². The lowest BCUT2D eigenvalue weighted by molar-refractivity contribution is -0.132. The number of carbonyl (C=O) groups is 1. The normalized spacial score (nSPS) is 14.7. The van der Waals surface area contributed by atoms with Crippen molar-refractivity contribution >= 4 is 11.7 Å². The van der Waals surface area contributed by atoms with E-state index in [4.69, 9.17) is 0 Å². The van der Waals surface area contributed by atoms with Crippen LogP contribution in [0.5, 0.6) is 0 Å². The summed E-state index contributed by atoms with van der Waals surface area (Å²) < 4.78 is 3.57. The van der Waals surface area contributed by atoms with Crippen LogP contribution < -0.4 is 4.90 Å². The van der Waals surface area contributed by atoms with Gasteiger partial charge in [-0.25, -0.2) is 4.68 Å². The molecule has 1 aliphatic heterocycles. The Bertz CT molecular complexity index is 803. The predicted octanol–water partition coefficient (Wildman–Crippen LogP) is 0.813. The summed E-state index contributed by atoms with van der Waals surface area (Å²) in [5.74, 6) is 1.67. The molecular weight excluding hydrogens is 318 g/mol. The summed E-state index contributed by atoms with van der Waals surface area (Å²) in [6.07, 6.45) is 7.36. The van der Waals surface area contributed by atoms with Gasteiger partial charge >= 0.3 is 0 Å². The Labute approximate surface area is 145 Å². The highest BCUT2D eigenvalue weighted by Gasteiger charge is 2.22. The van der Waals surface area contributed by atoms with E-state index in [1.165, 1.54) is 0 Å². The summed E-state index contributed by atoms with van der Waals surface area (Å²) in [6.45, 7) is 3.30. The standard InChI is InChI=1S/C17H19N7O/c25-17(14-21-7-1-2-8-21)23-12-10-22(11-13-23)15-4-5-16(20-19-15)24-9-3-6-18-24/h1-9H,10-14H2. The summed E-state index contributed by atoms with van der Waals surface area (Å²) >= 11 is 0. The molecule has 0 saturated carbocycles. The molecular formula is C17H19N7O. The van der Waals surface area contributed by atoms with Crippen molar-refractivity contribution in [2.75, 3.05) is 31.1 Å². The van der Waals surface area contributed by atoms with Crippen LogP contribution in [0.4, 0.5) is 5.82 Å². The van der Waals surface area contributed by atoms with Crippen LogP contribution in [-0.2, 0) is 11.3 Å². The van der Waals surface area contributed by atoms with Gasteiger partial charge in [0.15, 0.2) is 11.6 Å². The predicted molar refractivity (Wildman–Crippen MR) is 92.4 cm³/mol. The Balaban J connectivity index is 1.34. The number of piperazine rings is 1. The minimum absolute atomic E-state index is 0.149. The molecule has 8 nitrogen and oxygen atoms in total. The number of hydrogen-bond acceptors (Lipinski definition) is 5. The molecule has 3 aromatic rings. The Morgan fingerprint density at radius 3 is 2.28 bits per heavy atom. The number of rotatable bonds is 4. The van der Waals surface area contributed by atoms with Crippen LogP contribution in [-0.4, -0.2) is 61.5 Å². The van der Waals surface area contributed by atoms with Gasteiger partial charge in [0, 0.05) is 51.0 Å². The highest BCUT2D eigenvalue weighted by atomic mass is 16.2. The van der Waals surface area contributed by atoms with Crippen LogP contribution in [0.1, 0.15) is 0 Å². The fraction of sp³-hybridized carbons (Fsp3) is 0.294. The molecule has 0 N–H and O–H groups in total. The largest absolute Gasteiger partial charge is 0.352 e. The van der Waals surface area contributed by atoms with Gasteiger partial charge in [0.2, 0.25) is 5.91 Å². The molecule has 4 rings (SSSR count). The first-order valence-corrected chi connectivity index (χ1v) is 8.27. The zero-order chi connectivity index (χ0) is 17.1. The summed E-state index contributed by atoms with van der Waals surface area (Å²) in [7, 11) is 0. The van der Waals surface area contributed by atoms with Gasteiger partial charge in [-0.1, -0.05) is 0 Å². The quantitative estimate of drug-likeness (QED) is 0.705. The summed E-state index contributed by atoms with van der Waals surface area (Å²) in [5, 5.41) is 12.7. The summed E-state index contributed by atoms with van der Waals surface area (Å²) in [4.78, 5) is 16.4. The van der Waals surface area contributed by atoms with Crippen LogP contribution in [0.3, 0.4) is 0 Å². The minimum atomic E-state index is 0.149. The van der Waals surface area contributed by atoms with Gasteiger partial charge < -0.3 is 14.4 Å². The topological polar surface area (TPSA) is 72.1 Å². The van der Waals surface area contributed by atoms with Crippen LogP contribution in [0.2, 0.25) is 0 Å². The molecule has 1 fully saturated rings. The van der Waals surface area contributed by atoms with E-state index < -0.39 is 0 Å². The van der Waals surface area contributed by atoms with Crippen molar-refractivity contribution in [1.82, 2.24) is 29.4 Å². The first-order chi connectivity index (χ1) is 12.3. The smallest absolute Gasteiger partial charge is 0.242 e. The number of aromatic nitrogens is 5. The molecule has 0 spiro atoms. The highest BCUT2D eigenvalue weighted by Crippen LogP contribution is 2.14. The molecule has 0 atom stereocenters. The maximum Gasteiger partial charge on any atom is 0.242 e. The number of nitrogens with zero attached hydrogens (tertiary/aromatic N) is 7. The second-order valence-electron chi connectivity index (χ2n) is 5.92. The maximum absolute atomic E-state index is 12.3. The molecule has 1 aliphatic rings. The van der Waals surface area contributed by atoms with Crippen molar-refractivity contribution in [3.05, 3.63) is 55.1 Å². The second-order valence-corrected chi connectivity index (χ2v) is 5.92. The maximum atomic E-state index is 12.3. The molecule has 0 unspecified atom stereocenters. The molecule has 128 valence electrons. The molecule has 0 aliphatic carbocycles. The van der Waals surface area contributed by atoms with Crippen LogP contribution in [0, 0.1) is 0 Å². The van der Waals surface area contributed by atoms with Gasteiger partial charge in [-0.05, 0) is 30.3 Å². The van der Waals surface area contributed by atoms with Crippen LogP contribution in [0.15, 0.2) is 55.1 Å². The van der Waals surface area contributed by atoms with Crippen LogP contribution in [0.25, 0.3) is 5.82 Å². The van der Waals surface area contributed by atoms with E-state index >= 15 is 0 Å². The Kier molecular flexibility index (Phi) is 4.16. The second kappa shape index (κ2) is 6.76. The zero-order valence-corrected chi connectivity index (χ0v) is 13.8. The van der Waals surface area contributed by atoms with Gasteiger partial charge in [-0.2, -0.15) is 5.10 Å². The fourth-order valence-electron chi connectivity index (χ4n) is 2.93. The lowest BCUT2D eigenvalue weighted by atomic mass is 10.3. The monoisotopic (exact) mass is 337 g/mol. The van der Waals surface area contributed by atoms with Gasteiger partial charge in [0.05, 0.1) is 0 Å². The van der Waals surface area contributed by atoms with Crippen molar-refractivity contribution in [3.63, 3.8) is 0 Å². The number of hydrogen-bond donors (Lipinski definition) is 0. The molecule has 4 heterocycles. The number of carbonyl (C=O) groups excluding carboxylic acids is 1. The van der Waals surface area contributed by atoms with E-state index in [0.717, 1.165) is 18.9 Å². The molecule has 0 radical (unpaired) electrons. The first-order valence-electron chi connectivity index (χ1n) is 8.27. The molecule has 8 heteroatoms. The lowest BCUT2D eigenvalue weighted by Gasteiger charge is -2.35. The molecule has 3 aromatic heterocycles. The van der Waals surface area contributed by atoms with E-state index in [9.17, 15) is 4.79 Å². The molecule has 25 heavy (non-hydrogen) atoms. The van der Waals surface area contributed by atoms with E-state index in [1.807, 2.05) is 58.4 Å². The van der Waals surface area contributed by atoms with E-state index in [1.54, 1.807) is 10.9 Å².